The molecular formula is C20H27ClN4O3. The Kier molecular flexibility index (Phi) is 8.02. The highest BCUT2D eigenvalue weighted by Crippen LogP contribution is 2.18. The van der Waals surface area contributed by atoms with E-state index in [-0.39, 0.29) is 42.2 Å². The Morgan fingerprint density at radius 1 is 1.18 bits per heavy atom. The Morgan fingerprint density at radius 2 is 1.96 bits per heavy atom. The summed E-state index contributed by atoms with van der Waals surface area (Å²) in [5.74, 6) is -0.0801. The zero-order valence-electron chi connectivity index (χ0n) is 15.8. The van der Waals surface area contributed by atoms with E-state index in [0.717, 1.165) is 24.8 Å². The molecule has 1 aromatic heterocycles. The molecule has 1 aliphatic rings. The van der Waals surface area contributed by atoms with E-state index in [1.54, 1.807) is 12.3 Å². The average molecular weight is 407 g/mol. The number of aromatic nitrogens is 1. The van der Waals surface area contributed by atoms with Gasteiger partial charge in [-0.1, -0.05) is 12.1 Å². The monoisotopic (exact) mass is 406 g/mol. The zero-order chi connectivity index (χ0) is 19.2. The third-order valence-corrected chi connectivity index (χ3v) is 5.04. The van der Waals surface area contributed by atoms with Crippen molar-refractivity contribution in [2.24, 2.45) is 5.73 Å². The van der Waals surface area contributed by atoms with Crippen molar-refractivity contribution in [2.75, 3.05) is 19.6 Å². The molecule has 0 saturated carbocycles. The van der Waals surface area contributed by atoms with Gasteiger partial charge in [0.25, 0.3) is 0 Å². The van der Waals surface area contributed by atoms with E-state index in [9.17, 15) is 14.4 Å². The minimum Gasteiger partial charge on any atom is -0.354 e. The molecule has 3 N–H and O–H groups in total. The van der Waals surface area contributed by atoms with Crippen LogP contribution in [0.2, 0.25) is 0 Å². The number of piperidine rings is 1. The summed E-state index contributed by atoms with van der Waals surface area (Å²) in [5, 5.41) is 3.49. The van der Waals surface area contributed by atoms with Crippen molar-refractivity contribution in [1.29, 1.82) is 0 Å². The van der Waals surface area contributed by atoms with Crippen LogP contribution in [0.1, 0.15) is 25.7 Å². The molecule has 1 atom stereocenters. The first kappa shape index (κ1) is 21.9. The number of hydrogen-bond donors (Lipinski definition) is 2. The SMILES string of the molecule is Cl.NCCC(=O)NCC1CCCCN1C(=O)Cn1ccc(=O)c2ccccc21. The Labute approximate surface area is 170 Å². The second-order valence-corrected chi connectivity index (χ2v) is 6.90. The maximum absolute atomic E-state index is 13.0. The standard InChI is InChI=1S/C20H26N4O3.ClH/c21-10-8-19(26)22-13-15-5-3-4-11-24(15)20(27)14-23-12-9-18(25)16-6-1-2-7-17(16)23;/h1-2,6-7,9,12,15H,3-5,8,10-11,13-14,21H2,(H,22,26);1H. The number of carbonyl (C=O) groups excluding carboxylic acids is 2. The second-order valence-electron chi connectivity index (χ2n) is 6.90. The summed E-state index contributed by atoms with van der Waals surface area (Å²) >= 11 is 0. The number of carbonyl (C=O) groups is 2. The number of hydrogen-bond acceptors (Lipinski definition) is 4. The summed E-state index contributed by atoms with van der Waals surface area (Å²) < 4.78 is 1.82. The molecule has 1 fully saturated rings. The maximum Gasteiger partial charge on any atom is 0.242 e. The molecule has 1 aliphatic heterocycles. The smallest absolute Gasteiger partial charge is 0.242 e. The van der Waals surface area contributed by atoms with Gasteiger partial charge in [0.1, 0.15) is 6.54 Å². The summed E-state index contributed by atoms with van der Waals surface area (Å²) in [7, 11) is 0. The number of amides is 2. The van der Waals surface area contributed by atoms with Crippen molar-refractivity contribution in [2.45, 2.75) is 38.3 Å². The lowest BCUT2D eigenvalue weighted by molar-refractivity contribution is -0.136. The molecule has 0 radical (unpaired) electrons. The van der Waals surface area contributed by atoms with E-state index in [2.05, 4.69) is 5.32 Å². The Hall–Kier alpha value is -2.38. The molecule has 7 nitrogen and oxygen atoms in total. The van der Waals surface area contributed by atoms with Crippen molar-refractivity contribution < 1.29 is 9.59 Å². The topological polar surface area (TPSA) is 97.4 Å². The molecule has 152 valence electrons. The number of nitrogens with zero attached hydrogens (tertiary/aromatic N) is 2. The summed E-state index contributed by atoms with van der Waals surface area (Å²) in [5.41, 5.74) is 6.11. The Morgan fingerprint density at radius 3 is 2.75 bits per heavy atom. The molecule has 28 heavy (non-hydrogen) atoms. The number of pyridine rings is 1. The minimum absolute atomic E-state index is 0. The Balaban J connectivity index is 0.00000280. The predicted octanol–water partition coefficient (Wildman–Crippen LogP) is 1.27. The lowest BCUT2D eigenvalue weighted by atomic mass is 10.0. The van der Waals surface area contributed by atoms with Gasteiger partial charge in [0.05, 0.1) is 5.52 Å². The van der Waals surface area contributed by atoms with Crippen molar-refractivity contribution >= 4 is 35.1 Å². The quantitative estimate of drug-likeness (QED) is 0.754. The molecule has 0 aliphatic carbocycles. The number of fused-ring (bicyclic) bond motifs is 1. The summed E-state index contributed by atoms with van der Waals surface area (Å²) in [6.07, 6.45) is 4.85. The van der Waals surface area contributed by atoms with E-state index in [1.807, 2.05) is 27.7 Å². The maximum atomic E-state index is 13.0. The van der Waals surface area contributed by atoms with Gasteiger partial charge in [-0.25, -0.2) is 0 Å². The highest BCUT2D eigenvalue weighted by Gasteiger charge is 2.27. The van der Waals surface area contributed by atoms with Crippen LogP contribution in [0.25, 0.3) is 10.9 Å². The van der Waals surface area contributed by atoms with E-state index in [0.29, 0.717) is 31.4 Å². The third kappa shape index (κ3) is 5.11. The van der Waals surface area contributed by atoms with Crippen LogP contribution in [0.3, 0.4) is 0 Å². The van der Waals surface area contributed by atoms with Gasteiger partial charge in [0.2, 0.25) is 11.8 Å². The van der Waals surface area contributed by atoms with Gasteiger partial charge in [-0.3, -0.25) is 14.4 Å². The molecule has 1 saturated heterocycles. The van der Waals surface area contributed by atoms with Crippen LogP contribution in [-0.4, -0.2) is 47.0 Å². The largest absolute Gasteiger partial charge is 0.354 e. The number of nitrogens with two attached hydrogens (primary N) is 1. The molecule has 2 aromatic rings. The van der Waals surface area contributed by atoms with Crippen LogP contribution in [0.15, 0.2) is 41.3 Å². The van der Waals surface area contributed by atoms with Gasteiger partial charge in [-0.05, 0) is 31.4 Å². The van der Waals surface area contributed by atoms with Crippen LogP contribution in [0, 0.1) is 0 Å². The van der Waals surface area contributed by atoms with Crippen molar-refractivity contribution in [3.05, 3.63) is 46.8 Å². The van der Waals surface area contributed by atoms with E-state index < -0.39 is 0 Å². The molecule has 2 amide bonds. The number of benzene rings is 1. The first-order chi connectivity index (χ1) is 13.1. The fourth-order valence-electron chi connectivity index (χ4n) is 3.63. The average Bonchev–Trinajstić information content (AvgIpc) is 2.69. The van der Waals surface area contributed by atoms with Gasteiger partial charge in [0, 0.05) is 49.7 Å². The molecule has 0 bridgehead atoms. The minimum atomic E-state index is -0.0816. The summed E-state index contributed by atoms with van der Waals surface area (Å²) in [4.78, 5) is 38.5. The number of rotatable bonds is 6. The van der Waals surface area contributed by atoms with Crippen LogP contribution in [0.4, 0.5) is 0 Å². The number of nitrogens with one attached hydrogen (secondary N) is 1. The molecule has 1 unspecified atom stereocenters. The molecular weight excluding hydrogens is 380 g/mol. The van der Waals surface area contributed by atoms with Gasteiger partial charge in [0.15, 0.2) is 5.43 Å². The number of para-hydroxylation sites is 1. The summed E-state index contributed by atoms with van der Waals surface area (Å²) in [6.45, 7) is 1.64. The first-order valence-electron chi connectivity index (χ1n) is 9.44. The van der Waals surface area contributed by atoms with E-state index >= 15 is 0 Å². The molecule has 8 heteroatoms. The fourth-order valence-corrected chi connectivity index (χ4v) is 3.63. The van der Waals surface area contributed by atoms with Crippen LogP contribution < -0.4 is 16.5 Å². The van der Waals surface area contributed by atoms with Gasteiger partial charge in [-0.2, -0.15) is 0 Å². The lowest BCUT2D eigenvalue weighted by Crippen LogP contribution is -2.50. The molecule has 3 rings (SSSR count). The van der Waals surface area contributed by atoms with Crippen molar-refractivity contribution in [3.8, 4) is 0 Å². The zero-order valence-corrected chi connectivity index (χ0v) is 16.6. The van der Waals surface area contributed by atoms with Gasteiger partial charge < -0.3 is 20.5 Å². The molecule has 0 spiro atoms. The fraction of sp³-hybridized carbons (Fsp3) is 0.450. The highest BCUT2D eigenvalue weighted by molar-refractivity contribution is 5.85. The third-order valence-electron chi connectivity index (χ3n) is 5.04. The van der Waals surface area contributed by atoms with Crippen molar-refractivity contribution in [1.82, 2.24) is 14.8 Å². The van der Waals surface area contributed by atoms with Crippen LogP contribution in [-0.2, 0) is 16.1 Å². The highest BCUT2D eigenvalue weighted by atomic mass is 35.5. The number of likely N-dealkylation sites (tertiary alicyclic amines) is 1. The van der Waals surface area contributed by atoms with Gasteiger partial charge >= 0.3 is 0 Å². The lowest BCUT2D eigenvalue weighted by Gasteiger charge is -2.36. The second kappa shape index (κ2) is 10.2. The van der Waals surface area contributed by atoms with Crippen molar-refractivity contribution in [3.63, 3.8) is 0 Å². The van der Waals surface area contributed by atoms with Crippen LogP contribution >= 0.6 is 12.4 Å². The first-order valence-corrected chi connectivity index (χ1v) is 9.44. The van der Waals surface area contributed by atoms with Gasteiger partial charge in [-0.15, -0.1) is 12.4 Å². The molecule has 2 heterocycles. The molecule has 1 aromatic carbocycles. The van der Waals surface area contributed by atoms with E-state index in [4.69, 9.17) is 5.73 Å². The van der Waals surface area contributed by atoms with Crippen LogP contribution in [0.5, 0.6) is 0 Å². The number of halogens is 1. The van der Waals surface area contributed by atoms with E-state index in [1.165, 1.54) is 6.07 Å². The normalized spacial score (nSPS) is 16.5. The Bertz CT molecular complexity index is 883. The predicted molar refractivity (Wildman–Crippen MR) is 111 cm³/mol. The summed E-state index contributed by atoms with van der Waals surface area (Å²) in [6, 6.07) is 8.80.